The number of nitrogens with zero attached hydrogens (tertiary/aromatic N) is 1. The van der Waals surface area contributed by atoms with Gasteiger partial charge in [-0.1, -0.05) is 35.3 Å². The Morgan fingerprint density at radius 3 is 2.39 bits per heavy atom. The number of pyridine rings is 1. The highest BCUT2D eigenvalue weighted by molar-refractivity contribution is 6.31. The zero-order valence-corrected chi connectivity index (χ0v) is 18.3. The molecule has 1 aliphatic rings. The lowest BCUT2D eigenvalue weighted by molar-refractivity contribution is 0.520. The van der Waals surface area contributed by atoms with Gasteiger partial charge in [0.25, 0.3) is 0 Å². The van der Waals surface area contributed by atoms with E-state index in [2.05, 4.69) is 27.8 Å². The number of fused-ring (bicyclic) bond motifs is 1. The van der Waals surface area contributed by atoms with Crippen molar-refractivity contribution in [3.8, 4) is 0 Å². The molecule has 0 radical (unpaired) electrons. The van der Waals surface area contributed by atoms with Crippen molar-refractivity contribution in [2.45, 2.75) is 37.9 Å². The van der Waals surface area contributed by atoms with Crippen molar-refractivity contribution < 1.29 is 0 Å². The molecule has 1 heterocycles. The van der Waals surface area contributed by atoms with Gasteiger partial charge in [-0.25, -0.2) is 0 Å². The van der Waals surface area contributed by atoms with Gasteiger partial charge in [0.05, 0.1) is 5.52 Å². The fraction of sp³-hybridized carbons (Fsp3) is 0.286. The molecule has 4 rings (SSSR count). The summed E-state index contributed by atoms with van der Waals surface area (Å²) in [6, 6.07) is 17.0. The predicted octanol–water partition coefficient (Wildman–Crippen LogP) is 6.51. The summed E-state index contributed by atoms with van der Waals surface area (Å²) in [5.74, 6) is 0. The van der Waals surface area contributed by atoms with Crippen LogP contribution in [0.5, 0.6) is 0 Å². The fourth-order valence-electron chi connectivity index (χ4n) is 3.63. The molecule has 28 heavy (non-hydrogen) atoms. The summed E-state index contributed by atoms with van der Waals surface area (Å²) in [4.78, 5) is 4.42. The summed E-state index contributed by atoms with van der Waals surface area (Å²) >= 11 is 12.0. The van der Waals surface area contributed by atoms with Gasteiger partial charge in [-0.15, -0.1) is 24.8 Å². The van der Waals surface area contributed by atoms with Crippen molar-refractivity contribution in [3.63, 3.8) is 0 Å². The molecular weight excluding hydrogens is 436 g/mol. The van der Waals surface area contributed by atoms with Crippen LogP contribution in [-0.4, -0.2) is 17.1 Å². The molecule has 3 nitrogen and oxygen atoms in total. The van der Waals surface area contributed by atoms with Gasteiger partial charge in [0, 0.05) is 45.9 Å². The van der Waals surface area contributed by atoms with E-state index in [0.717, 1.165) is 46.0 Å². The first kappa shape index (κ1) is 23.1. The number of halogens is 4. The van der Waals surface area contributed by atoms with Crippen LogP contribution in [0, 0.1) is 0 Å². The molecule has 2 atom stereocenters. The molecule has 0 saturated heterocycles. The third-order valence-corrected chi connectivity index (χ3v) is 5.49. The normalized spacial score (nSPS) is 18.4. The van der Waals surface area contributed by atoms with E-state index in [9.17, 15) is 0 Å². The lowest BCUT2D eigenvalue weighted by Crippen LogP contribution is -2.27. The van der Waals surface area contributed by atoms with Crippen LogP contribution in [0.25, 0.3) is 10.9 Å². The van der Waals surface area contributed by atoms with E-state index in [-0.39, 0.29) is 24.8 Å². The Labute approximate surface area is 188 Å². The number of benzene rings is 2. The standard InChI is InChI=1S/C21H21Cl2N3.2ClH/c22-15-3-1-14(2-4-15)13-25-17-6-7-18(12-17)26-20-9-10-24-21-11-16(23)5-8-19(20)21;;/h1-5,8-11,17-18,25H,6-7,12-13H2,(H,24,26);2*1H/t17-,18+;;/m0../s1. The molecule has 150 valence electrons. The molecule has 0 amide bonds. The topological polar surface area (TPSA) is 37.0 Å². The minimum absolute atomic E-state index is 0. The summed E-state index contributed by atoms with van der Waals surface area (Å²) < 4.78 is 0. The van der Waals surface area contributed by atoms with Crippen LogP contribution >= 0.6 is 48.0 Å². The highest BCUT2D eigenvalue weighted by Crippen LogP contribution is 2.28. The molecule has 1 aromatic heterocycles. The van der Waals surface area contributed by atoms with Crippen molar-refractivity contribution in [3.05, 3.63) is 70.3 Å². The van der Waals surface area contributed by atoms with Crippen molar-refractivity contribution in [2.24, 2.45) is 0 Å². The van der Waals surface area contributed by atoms with Crippen LogP contribution in [-0.2, 0) is 6.54 Å². The van der Waals surface area contributed by atoms with E-state index in [4.69, 9.17) is 23.2 Å². The third kappa shape index (κ3) is 5.65. The maximum Gasteiger partial charge on any atom is 0.0737 e. The number of rotatable bonds is 5. The first-order chi connectivity index (χ1) is 12.7. The maximum atomic E-state index is 6.08. The summed E-state index contributed by atoms with van der Waals surface area (Å²) in [6.07, 6.45) is 5.30. The highest BCUT2D eigenvalue weighted by Gasteiger charge is 2.24. The van der Waals surface area contributed by atoms with Crippen LogP contribution < -0.4 is 10.6 Å². The first-order valence-corrected chi connectivity index (χ1v) is 9.71. The third-order valence-electron chi connectivity index (χ3n) is 5.01. The molecule has 3 aromatic rings. The summed E-state index contributed by atoms with van der Waals surface area (Å²) in [5, 5.41) is 9.98. The lowest BCUT2D eigenvalue weighted by Gasteiger charge is -2.17. The Bertz CT molecular complexity index is 902. The van der Waals surface area contributed by atoms with Crippen LogP contribution in [0.3, 0.4) is 0 Å². The minimum atomic E-state index is 0. The summed E-state index contributed by atoms with van der Waals surface area (Å²) in [6.45, 7) is 0.880. The van der Waals surface area contributed by atoms with Crippen LogP contribution in [0.4, 0.5) is 5.69 Å². The zero-order chi connectivity index (χ0) is 17.9. The molecule has 0 aliphatic heterocycles. The summed E-state index contributed by atoms with van der Waals surface area (Å²) in [5.41, 5.74) is 3.33. The second-order valence-electron chi connectivity index (χ2n) is 6.88. The monoisotopic (exact) mass is 457 g/mol. The summed E-state index contributed by atoms with van der Waals surface area (Å²) in [7, 11) is 0. The Morgan fingerprint density at radius 2 is 1.61 bits per heavy atom. The second kappa shape index (κ2) is 10.5. The van der Waals surface area contributed by atoms with Gasteiger partial charge in [0.15, 0.2) is 0 Å². The largest absolute Gasteiger partial charge is 0.382 e. The van der Waals surface area contributed by atoms with E-state index in [1.165, 1.54) is 12.0 Å². The number of nitrogens with one attached hydrogen (secondary N) is 2. The molecule has 1 fully saturated rings. The van der Waals surface area contributed by atoms with E-state index < -0.39 is 0 Å². The Kier molecular flexibility index (Phi) is 8.66. The molecule has 2 aromatic carbocycles. The number of hydrogen-bond donors (Lipinski definition) is 2. The number of hydrogen-bond acceptors (Lipinski definition) is 3. The van der Waals surface area contributed by atoms with Crippen molar-refractivity contribution >= 4 is 64.6 Å². The average Bonchev–Trinajstić information content (AvgIpc) is 3.09. The van der Waals surface area contributed by atoms with Gasteiger partial charge in [0.2, 0.25) is 0 Å². The zero-order valence-electron chi connectivity index (χ0n) is 15.2. The molecule has 0 unspecified atom stereocenters. The average molecular weight is 459 g/mol. The van der Waals surface area contributed by atoms with Gasteiger partial charge < -0.3 is 10.6 Å². The molecule has 2 N–H and O–H groups in total. The second-order valence-corrected chi connectivity index (χ2v) is 7.75. The Hall–Kier alpha value is -1.23. The smallest absolute Gasteiger partial charge is 0.0737 e. The van der Waals surface area contributed by atoms with Gasteiger partial charge in [-0.05, 0) is 61.2 Å². The SMILES string of the molecule is Cl.Cl.Clc1ccc(CN[C@H]2CC[C@@H](Nc3ccnc4cc(Cl)ccc34)C2)cc1. The quantitative estimate of drug-likeness (QED) is 0.457. The van der Waals surface area contributed by atoms with Crippen LogP contribution in [0.15, 0.2) is 54.7 Å². The predicted molar refractivity (Wildman–Crippen MR) is 125 cm³/mol. The molecule has 1 aliphatic carbocycles. The lowest BCUT2D eigenvalue weighted by atomic mass is 10.1. The van der Waals surface area contributed by atoms with Crippen molar-refractivity contribution in [1.29, 1.82) is 0 Å². The van der Waals surface area contributed by atoms with Crippen LogP contribution in [0.2, 0.25) is 10.0 Å². The van der Waals surface area contributed by atoms with Crippen molar-refractivity contribution in [2.75, 3.05) is 5.32 Å². The van der Waals surface area contributed by atoms with Gasteiger partial charge in [0.1, 0.15) is 0 Å². The number of anilines is 1. The molecule has 1 saturated carbocycles. The Morgan fingerprint density at radius 1 is 0.893 bits per heavy atom. The van der Waals surface area contributed by atoms with E-state index in [1.54, 1.807) is 0 Å². The molecule has 0 bridgehead atoms. The van der Waals surface area contributed by atoms with Crippen molar-refractivity contribution in [1.82, 2.24) is 10.3 Å². The molecule has 7 heteroatoms. The van der Waals surface area contributed by atoms with Gasteiger partial charge in [-0.2, -0.15) is 0 Å². The molecular formula is C21H23Cl4N3. The highest BCUT2D eigenvalue weighted by atomic mass is 35.5. The van der Waals surface area contributed by atoms with Gasteiger partial charge >= 0.3 is 0 Å². The maximum absolute atomic E-state index is 6.08. The Balaban J connectivity index is 0.00000140. The molecule has 0 spiro atoms. The van der Waals surface area contributed by atoms with E-state index in [1.807, 2.05) is 42.6 Å². The van der Waals surface area contributed by atoms with E-state index >= 15 is 0 Å². The van der Waals surface area contributed by atoms with Crippen LogP contribution in [0.1, 0.15) is 24.8 Å². The minimum Gasteiger partial charge on any atom is -0.382 e. The van der Waals surface area contributed by atoms with E-state index in [0.29, 0.717) is 12.1 Å². The fourth-order valence-corrected chi connectivity index (χ4v) is 3.92. The van der Waals surface area contributed by atoms with Gasteiger partial charge in [-0.3, -0.25) is 4.98 Å². The first-order valence-electron chi connectivity index (χ1n) is 8.96. The number of aromatic nitrogens is 1.